The fourth-order valence-electron chi connectivity index (χ4n) is 3.52. The maximum absolute atomic E-state index is 13.4. The Bertz CT molecular complexity index is 1320. The molecule has 0 aliphatic carbocycles. The lowest BCUT2D eigenvalue weighted by Gasteiger charge is -2.14. The second kappa shape index (κ2) is 7.61. The third kappa shape index (κ3) is 3.48. The first-order chi connectivity index (χ1) is 14.3. The normalized spacial score (nSPS) is 11.7. The highest BCUT2D eigenvalue weighted by Gasteiger charge is 2.25. The third-order valence-corrected chi connectivity index (χ3v) is 7.12. The SMILES string of the molecule is Cc1ccc(S(=O)(=O)n2c(C)nc3c(OCc4ccccc4)c(C)c(C)cc32)cc1. The number of aromatic nitrogens is 2. The highest BCUT2D eigenvalue weighted by molar-refractivity contribution is 7.90. The van der Waals surface area contributed by atoms with Crippen LogP contribution in [-0.4, -0.2) is 17.4 Å². The molecule has 0 fully saturated rings. The minimum Gasteiger partial charge on any atom is -0.486 e. The molecule has 0 amide bonds. The smallest absolute Gasteiger partial charge is 0.269 e. The maximum atomic E-state index is 13.4. The van der Waals surface area contributed by atoms with Gasteiger partial charge in [-0.15, -0.1) is 0 Å². The van der Waals surface area contributed by atoms with Crippen molar-refractivity contribution < 1.29 is 13.2 Å². The average molecular weight is 421 g/mol. The molecule has 0 N–H and O–H groups in total. The molecular formula is C24H24N2O3S. The molecule has 0 saturated heterocycles. The van der Waals surface area contributed by atoms with Crippen LogP contribution in [0.2, 0.25) is 0 Å². The van der Waals surface area contributed by atoms with E-state index < -0.39 is 10.0 Å². The predicted molar refractivity (Wildman–Crippen MR) is 118 cm³/mol. The topological polar surface area (TPSA) is 61.2 Å². The second-order valence-corrected chi connectivity index (χ2v) is 9.32. The van der Waals surface area contributed by atoms with Gasteiger partial charge < -0.3 is 4.74 Å². The zero-order valence-corrected chi connectivity index (χ0v) is 18.3. The molecule has 0 spiro atoms. The van der Waals surface area contributed by atoms with E-state index in [0.29, 0.717) is 29.2 Å². The second-order valence-electron chi connectivity index (χ2n) is 7.53. The Balaban J connectivity index is 1.86. The fourth-order valence-corrected chi connectivity index (χ4v) is 5.00. The van der Waals surface area contributed by atoms with Gasteiger partial charge in [0, 0.05) is 0 Å². The molecule has 0 aliphatic heterocycles. The summed E-state index contributed by atoms with van der Waals surface area (Å²) in [6, 6.07) is 18.6. The van der Waals surface area contributed by atoms with Gasteiger partial charge >= 0.3 is 0 Å². The fraction of sp³-hybridized carbons (Fsp3) is 0.208. The van der Waals surface area contributed by atoms with Crippen LogP contribution >= 0.6 is 0 Å². The summed E-state index contributed by atoms with van der Waals surface area (Å²) in [5.74, 6) is 1.02. The monoisotopic (exact) mass is 420 g/mol. The Hall–Kier alpha value is -3.12. The zero-order chi connectivity index (χ0) is 21.5. The summed E-state index contributed by atoms with van der Waals surface area (Å²) < 4.78 is 34.3. The number of aryl methyl sites for hydroxylation is 3. The molecule has 0 bridgehead atoms. The van der Waals surface area contributed by atoms with E-state index in [0.717, 1.165) is 22.3 Å². The minimum atomic E-state index is -3.78. The van der Waals surface area contributed by atoms with Crippen molar-refractivity contribution in [3.8, 4) is 5.75 Å². The van der Waals surface area contributed by atoms with Crippen molar-refractivity contribution in [2.75, 3.05) is 0 Å². The van der Waals surface area contributed by atoms with Crippen molar-refractivity contribution >= 4 is 21.1 Å². The molecule has 5 nitrogen and oxygen atoms in total. The van der Waals surface area contributed by atoms with E-state index in [1.54, 1.807) is 31.2 Å². The maximum Gasteiger partial charge on any atom is 0.269 e. The van der Waals surface area contributed by atoms with E-state index >= 15 is 0 Å². The number of fused-ring (bicyclic) bond motifs is 1. The first-order valence-electron chi connectivity index (χ1n) is 9.77. The van der Waals surface area contributed by atoms with Gasteiger partial charge in [-0.25, -0.2) is 17.4 Å². The summed E-state index contributed by atoms with van der Waals surface area (Å²) in [7, 11) is -3.78. The summed E-state index contributed by atoms with van der Waals surface area (Å²) in [5.41, 5.74) is 5.03. The molecular weight excluding hydrogens is 396 g/mol. The number of rotatable bonds is 5. The first-order valence-corrected chi connectivity index (χ1v) is 11.2. The molecule has 154 valence electrons. The summed E-state index contributed by atoms with van der Waals surface area (Å²) in [5, 5.41) is 0. The van der Waals surface area contributed by atoms with Crippen molar-refractivity contribution in [1.82, 2.24) is 8.96 Å². The average Bonchev–Trinajstić information content (AvgIpc) is 3.05. The van der Waals surface area contributed by atoms with Gasteiger partial charge in [-0.3, -0.25) is 0 Å². The Morgan fingerprint density at radius 2 is 1.60 bits per heavy atom. The van der Waals surface area contributed by atoms with E-state index in [1.165, 1.54) is 3.97 Å². The van der Waals surface area contributed by atoms with Gasteiger partial charge in [-0.1, -0.05) is 48.0 Å². The van der Waals surface area contributed by atoms with Crippen molar-refractivity contribution in [2.45, 2.75) is 39.2 Å². The molecule has 0 atom stereocenters. The molecule has 1 aromatic heterocycles. The number of hydrogen-bond donors (Lipinski definition) is 0. The van der Waals surface area contributed by atoms with Crippen molar-refractivity contribution in [1.29, 1.82) is 0 Å². The Morgan fingerprint density at radius 3 is 2.27 bits per heavy atom. The van der Waals surface area contributed by atoms with Crippen LogP contribution in [-0.2, 0) is 16.6 Å². The van der Waals surface area contributed by atoms with Gasteiger partial charge in [0.25, 0.3) is 10.0 Å². The summed E-state index contributed by atoms with van der Waals surface area (Å²) in [6.07, 6.45) is 0. The van der Waals surface area contributed by atoms with Crippen molar-refractivity contribution in [3.63, 3.8) is 0 Å². The molecule has 30 heavy (non-hydrogen) atoms. The van der Waals surface area contributed by atoms with Gasteiger partial charge in [0.05, 0.1) is 10.4 Å². The van der Waals surface area contributed by atoms with Crippen molar-refractivity contribution in [2.24, 2.45) is 0 Å². The Kier molecular flexibility index (Phi) is 5.12. The number of ether oxygens (including phenoxy) is 1. The van der Waals surface area contributed by atoms with E-state index in [2.05, 4.69) is 4.98 Å². The van der Waals surface area contributed by atoms with Crippen molar-refractivity contribution in [3.05, 3.63) is 88.7 Å². The lowest BCUT2D eigenvalue weighted by Crippen LogP contribution is -2.14. The van der Waals surface area contributed by atoms with Gasteiger partial charge in [-0.2, -0.15) is 0 Å². The van der Waals surface area contributed by atoms with Crippen LogP contribution in [0.15, 0.2) is 65.6 Å². The summed E-state index contributed by atoms with van der Waals surface area (Å²) in [4.78, 5) is 4.83. The Labute approximate surface area is 177 Å². The van der Waals surface area contributed by atoms with Gasteiger partial charge in [0.2, 0.25) is 0 Å². The molecule has 4 rings (SSSR count). The third-order valence-electron chi connectivity index (χ3n) is 5.31. The number of imidazole rings is 1. The van der Waals surface area contributed by atoms with Crippen LogP contribution in [0, 0.1) is 27.7 Å². The molecule has 0 saturated carbocycles. The predicted octanol–water partition coefficient (Wildman–Crippen LogP) is 5.09. The zero-order valence-electron chi connectivity index (χ0n) is 17.5. The number of nitrogens with zero attached hydrogens (tertiary/aromatic N) is 2. The quantitative estimate of drug-likeness (QED) is 0.451. The minimum absolute atomic E-state index is 0.237. The highest BCUT2D eigenvalue weighted by Crippen LogP contribution is 2.34. The largest absolute Gasteiger partial charge is 0.486 e. The number of hydrogen-bond acceptors (Lipinski definition) is 4. The van der Waals surface area contributed by atoms with Crippen LogP contribution in [0.4, 0.5) is 0 Å². The van der Waals surface area contributed by atoms with Gasteiger partial charge in [-0.05, 0) is 62.6 Å². The standard InChI is InChI=1S/C24H24N2O3S/c1-16-10-12-21(13-11-16)30(27,28)26-19(4)25-23-22(26)14-17(2)18(3)24(23)29-15-20-8-6-5-7-9-20/h5-14H,15H2,1-4H3. The van der Waals surface area contributed by atoms with Crippen LogP contribution in [0.1, 0.15) is 28.1 Å². The molecule has 0 radical (unpaired) electrons. The van der Waals surface area contributed by atoms with E-state index in [4.69, 9.17) is 4.74 Å². The van der Waals surface area contributed by atoms with Crippen LogP contribution in [0.3, 0.4) is 0 Å². The van der Waals surface area contributed by atoms with Crippen LogP contribution in [0.5, 0.6) is 5.75 Å². The van der Waals surface area contributed by atoms with Gasteiger partial charge in [0.1, 0.15) is 17.9 Å². The highest BCUT2D eigenvalue weighted by atomic mass is 32.2. The lowest BCUT2D eigenvalue weighted by atomic mass is 10.1. The molecule has 1 heterocycles. The molecule has 0 unspecified atom stereocenters. The van der Waals surface area contributed by atoms with Crippen LogP contribution in [0.25, 0.3) is 11.0 Å². The molecule has 4 aromatic rings. The van der Waals surface area contributed by atoms with Gasteiger partial charge in [0.15, 0.2) is 5.75 Å². The molecule has 3 aromatic carbocycles. The first kappa shape index (κ1) is 20.2. The molecule has 6 heteroatoms. The van der Waals surface area contributed by atoms with Crippen LogP contribution < -0.4 is 4.74 Å². The summed E-state index contributed by atoms with van der Waals surface area (Å²) in [6.45, 7) is 7.94. The Morgan fingerprint density at radius 1 is 0.933 bits per heavy atom. The molecule has 0 aliphatic rings. The van der Waals surface area contributed by atoms with E-state index in [9.17, 15) is 8.42 Å². The summed E-state index contributed by atoms with van der Waals surface area (Å²) >= 11 is 0. The lowest BCUT2D eigenvalue weighted by molar-refractivity contribution is 0.307. The van der Waals surface area contributed by atoms with E-state index in [1.807, 2.05) is 57.2 Å². The number of benzene rings is 3. The van der Waals surface area contributed by atoms with E-state index in [-0.39, 0.29) is 4.90 Å².